The molecule has 1 saturated heterocycles. The molecule has 0 saturated carbocycles. The number of nitrogens with one attached hydrogen (secondary N) is 1. The first kappa shape index (κ1) is 18.4. The Hall–Kier alpha value is -2.41. The molecule has 5 nitrogen and oxygen atoms in total. The van der Waals surface area contributed by atoms with Crippen molar-refractivity contribution in [2.45, 2.75) is 19.4 Å². The number of carbonyl (C=O) groups is 2. The predicted molar refractivity (Wildman–Crippen MR) is 101 cm³/mol. The summed E-state index contributed by atoms with van der Waals surface area (Å²) in [5.74, 6) is -0.379. The maximum atomic E-state index is 13.8. The number of piperazine rings is 1. The van der Waals surface area contributed by atoms with Gasteiger partial charge in [0.15, 0.2) is 0 Å². The van der Waals surface area contributed by atoms with Crippen molar-refractivity contribution in [1.29, 1.82) is 0 Å². The maximum absolute atomic E-state index is 13.8. The Labute approximate surface area is 156 Å². The number of amides is 2. The van der Waals surface area contributed by atoms with E-state index in [4.69, 9.17) is 0 Å². The number of thiophene rings is 1. The molecule has 2 heterocycles. The number of carbonyl (C=O) groups excluding carboxylic acids is 2. The van der Waals surface area contributed by atoms with Gasteiger partial charge >= 0.3 is 0 Å². The molecule has 1 aliphatic rings. The van der Waals surface area contributed by atoms with E-state index in [2.05, 4.69) is 5.32 Å². The Bertz CT molecular complexity index is 743. The van der Waals surface area contributed by atoms with Crippen LogP contribution < -0.4 is 10.2 Å². The fourth-order valence-electron chi connectivity index (χ4n) is 2.97. The molecule has 1 aliphatic heterocycles. The summed E-state index contributed by atoms with van der Waals surface area (Å²) < 4.78 is 13.8. The third-order valence-electron chi connectivity index (χ3n) is 4.43. The van der Waals surface area contributed by atoms with Crippen LogP contribution in [0, 0.1) is 5.82 Å². The van der Waals surface area contributed by atoms with E-state index in [0.29, 0.717) is 38.4 Å². The highest BCUT2D eigenvalue weighted by molar-refractivity contribution is 7.09. The van der Waals surface area contributed by atoms with Gasteiger partial charge in [0.05, 0.1) is 12.2 Å². The van der Waals surface area contributed by atoms with Crippen LogP contribution in [0.15, 0.2) is 41.8 Å². The van der Waals surface area contributed by atoms with Crippen molar-refractivity contribution in [3.8, 4) is 0 Å². The highest BCUT2D eigenvalue weighted by Crippen LogP contribution is 2.20. The summed E-state index contributed by atoms with van der Waals surface area (Å²) in [5, 5.41) is 4.79. The van der Waals surface area contributed by atoms with Crippen LogP contribution in [0.3, 0.4) is 0 Å². The Balaban J connectivity index is 1.39. The molecule has 1 fully saturated rings. The normalized spacial score (nSPS) is 14.3. The van der Waals surface area contributed by atoms with E-state index >= 15 is 0 Å². The van der Waals surface area contributed by atoms with Crippen molar-refractivity contribution < 1.29 is 14.0 Å². The molecular formula is C19H22FN3O2S. The van der Waals surface area contributed by atoms with Crippen LogP contribution in [0.5, 0.6) is 0 Å². The first-order valence-corrected chi connectivity index (χ1v) is 9.58. The summed E-state index contributed by atoms with van der Waals surface area (Å²) in [7, 11) is 0. The second kappa shape index (κ2) is 8.80. The molecule has 0 spiro atoms. The number of rotatable bonds is 6. The number of hydrogen-bond donors (Lipinski definition) is 1. The fourth-order valence-corrected chi connectivity index (χ4v) is 3.62. The molecule has 0 radical (unpaired) electrons. The molecule has 0 aliphatic carbocycles. The molecule has 26 heavy (non-hydrogen) atoms. The van der Waals surface area contributed by atoms with Gasteiger partial charge < -0.3 is 15.1 Å². The zero-order valence-electron chi connectivity index (χ0n) is 14.5. The lowest BCUT2D eigenvalue weighted by atomic mass is 10.2. The van der Waals surface area contributed by atoms with Crippen molar-refractivity contribution in [3.63, 3.8) is 0 Å². The summed E-state index contributed by atoms with van der Waals surface area (Å²) in [5.41, 5.74) is 0.576. The molecule has 1 aromatic heterocycles. The number of hydrogen-bond acceptors (Lipinski definition) is 4. The largest absolute Gasteiger partial charge is 0.366 e. The molecule has 0 atom stereocenters. The lowest BCUT2D eigenvalue weighted by Gasteiger charge is -2.36. The van der Waals surface area contributed by atoms with Gasteiger partial charge in [-0.05, 0) is 23.6 Å². The first-order chi connectivity index (χ1) is 12.6. The van der Waals surface area contributed by atoms with Crippen molar-refractivity contribution >= 4 is 28.8 Å². The van der Waals surface area contributed by atoms with Gasteiger partial charge in [0.2, 0.25) is 11.8 Å². The molecule has 3 rings (SSSR count). The SMILES string of the molecule is O=C(CCC(=O)N1CCN(c2ccccc2F)CC1)NCc1cccs1. The lowest BCUT2D eigenvalue weighted by molar-refractivity contribution is -0.133. The Morgan fingerprint density at radius 1 is 1.04 bits per heavy atom. The molecule has 2 aromatic rings. The van der Waals surface area contributed by atoms with Crippen LogP contribution in [0.4, 0.5) is 10.1 Å². The Kier molecular flexibility index (Phi) is 6.22. The van der Waals surface area contributed by atoms with Gasteiger partial charge in [0.25, 0.3) is 0 Å². The topological polar surface area (TPSA) is 52.7 Å². The Morgan fingerprint density at radius 3 is 2.50 bits per heavy atom. The van der Waals surface area contributed by atoms with E-state index in [1.165, 1.54) is 6.07 Å². The van der Waals surface area contributed by atoms with Crippen molar-refractivity contribution in [2.75, 3.05) is 31.1 Å². The van der Waals surface area contributed by atoms with Crippen molar-refractivity contribution in [1.82, 2.24) is 10.2 Å². The van der Waals surface area contributed by atoms with E-state index in [1.54, 1.807) is 28.4 Å². The van der Waals surface area contributed by atoms with Crippen LogP contribution in [-0.2, 0) is 16.1 Å². The highest BCUT2D eigenvalue weighted by atomic mass is 32.1. The third-order valence-corrected chi connectivity index (χ3v) is 5.31. The minimum Gasteiger partial charge on any atom is -0.366 e. The van der Waals surface area contributed by atoms with Crippen molar-refractivity contribution in [2.24, 2.45) is 0 Å². The number of benzene rings is 1. The number of para-hydroxylation sites is 1. The minimum absolute atomic E-state index is 0.0237. The monoisotopic (exact) mass is 375 g/mol. The van der Waals surface area contributed by atoms with Gasteiger partial charge in [-0.1, -0.05) is 18.2 Å². The van der Waals surface area contributed by atoms with Crippen LogP contribution in [0.25, 0.3) is 0 Å². The standard InChI is InChI=1S/C19H22FN3O2S/c20-16-5-1-2-6-17(16)22-9-11-23(12-10-22)19(25)8-7-18(24)21-14-15-4-3-13-26-15/h1-6,13H,7-12,14H2,(H,21,24). The molecule has 0 unspecified atom stereocenters. The van der Waals surface area contributed by atoms with E-state index < -0.39 is 0 Å². The second-order valence-electron chi connectivity index (χ2n) is 6.18. The van der Waals surface area contributed by atoms with Gasteiger partial charge in [-0.15, -0.1) is 11.3 Å². The summed E-state index contributed by atoms with van der Waals surface area (Å²) in [6.07, 6.45) is 0.397. The van der Waals surface area contributed by atoms with Crippen LogP contribution >= 0.6 is 11.3 Å². The van der Waals surface area contributed by atoms with E-state index in [0.717, 1.165) is 4.88 Å². The summed E-state index contributed by atoms with van der Waals surface area (Å²) in [6, 6.07) is 10.6. The zero-order valence-corrected chi connectivity index (χ0v) is 15.3. The van der Waals surface area contributed by atoms with E-state index in [1.807, 2.05) is 28.5 Å². The third kappa shape index (κ3) is 4.82. The van der Waals surface area contributed by atoms with Crippen LogP contribution in [0.2, 0.25) is 0 Å². The second-order valence-corrected chi connectivity index (χ2v) is 7.21. The average Bonchev–Trinajstić information content (AvgIpc) is 3.18. The summed E-state index contributed by atoms with van der Waals surface area (Å²) in [4.78, 5) is 29.0. The average molecular weight is 375 g/mol. The van der Waals surface area contributed by atoms with E-state index in [9.17, 15) is 14.0 Å². The molecule has 7 heteroatoms. The Morgan fingerprint density at radius 2 is 1.81 bits per heavy atom. The fraction of sp³-hybridized carbons (Fsp3) is 0.368. The summed E-state index contributed by atoms with van der Waals surface area (Å²) >= 11 is 1.59. The smallest absolute Gasteiger partial charge is 0.223 e. The van der Waals surface area contributed by atoms with Gasteiger partial charge in [0, 0.05) is 43.9 Å². The molecule has 2 amide bonds. The molecule has 138 valence electrons. The summed E-state index contributed by atoms with van der Waals surface area (Å²) in [6.45, 7) is 2.79. The van der Waals surface area contributed by atoms with Gasteiger partial charge in [0.1, 0.15) is 5.82 Å². The highest BCUT2D eigenvalue weighted by Gasteiger charge is 2.22. The predicted octanol–water partition coefficient (Wildman–Crippen LogP) is 2.63. The van der Waals surface area contributed by atoms with E-state index in [-0.39, 0.29) is 30.5 Å². The maximum Gasteiger partial charge on any atom is 0.223 e. The van der Waals surface area contributed by atoms with Crippen LogP contribution in [-0.4, -0.2) is 42.9 Å². The van der Waals surface area contributed by atoms with Gasteiger partial charge in [-0.25, -0.2) is 4.39 Å². The first-order valence-electron chi connectivity index (χ1n) is 8.70. The quantitative estimate of drug-likeness (QED) is 0.845. The lowest BCUT2D eigenvalue weighted by Crippen LogP contribution is -2.49. The molecule has 1 N–H and O–H groups in total. The number of halogens is 1. The zero-order chi connectivity index (χ0) is 18.4. The van der Waals surface area contributed by atoms with Gasteiger partial charge in [-0.2, -0.15) is 0 Å². The molecule has 1 aromatic carbocycles. The van der Waals surface area contributed by atoms with Gasteiger partial charge in [-0.3, -0.25) is 9.59 Å². The molecule has 0 bridgehead atoms. The van der Waals surface area contributed by atoms with Crippen molar-refractivity contribution in [3.05, 3.63) is 52.5 Å². The molecular weight excluding hydrogens is 353 g/mol. The number of nitrogens with zero attached hydrogens (tertiary/aromatic N) is 2. The minimum atomic E-state index is -0.241. The number of anilines is 1. The van der Waals surface area contributed by atoms with Crippen LogP contribution in [0.1, 0.15) is 17.7 Å².